The molecule has 1 unspecified atom stereocenters. The quantitative estimate of drug-likeness (QED) is 0.831. The highest BCUT2D eigenvalue weighted by molar-refractivity contribution is 5.77. The van der Waals surface area contributed by atoms with Gasteiger partial charge in [0, 0.05) is 6.04 Å². The molecule has 0 aromatic carbocycles. The smallest absolute Gasteiger partial charge is 0.234 e. The number of likely N-dealkylation sites (tertiary alicyclic amines) is 1. The summed E-state index contributed by atoms with van der Waals surface area (Å²) in [5.74, 6) is 1.43. The minimum Gasteiger partial charge on any atom is -0.467 e. The third kappa shape index (κ3) is 4.36. The molecule has 0 radical (unpaired) electrons. The lowest BCUT2D eigenvalue weighted by Crippen LogP contribution is -2.44. The van der Waals surface area contributed by atoms with E-state index in [1.807, 2.05) is 12.1 Å². The van der Waals surface area contributed by atoms with Gasteiger partial charge in [0.05, 0.1) is 19.4 Å². The summed E-state index contributed by atoms with van der Waals surface area (Å²) in [5, 5.41) is 2.87. The van der Waals surface area contributed by atoms with Gasteiger partial charge in [-0.05, 0) is 50.9 Å². The zero-order valence-corrected chi connectivity index (χ0v) is 11.5. The highest BCUT2D eigenvalue weighted by atomic mass is 16.3. The van der Waals surface area contributed by atoms with Gasteiger partial charge in [-0.2, -0.15) is 0 Å². The number of rotatable bonds is 5. The van der Waals surface area contributed by atoms with Crippen molar-refractivity contribution in [1.29, 1.82) is 0 Å². The maximum Gasteiger partial charge on any atom is 0.234 e. The van der Waals surface area contributed by atoms with Crippen LogP contribution in [-0.4, -0.2) is 36.5 Å². The molecule has 106 valence electrons. The van der Waals surface area contributed by atoms with E-state index in [1.165, 1.54) is 0 Å². The summed E-state index contributed by atoms with van der Waals surface area (Å²) in [6.45, 7) is 4.91. The Bertz CT molecular complexity index is 381. The fourth-order valence-corrected chi connectivity index (χ4v) is 2.49. The van der Waals surface area contributed by atoms with Gasteiger partial charge >= 0.3 is 0 Å². The molecule has 1 atom stereocenters. The van der Waals surface area contributed by atoms with Crippen LogP contribution in [0.15, 0.2) is 22.8 Å². The molecule has 1 fully saturated rings. The number of nitrogens with one attached hydrogen (secondary N) is 1. The molecule has 1 aliphatic heterocycles. The van der Waals surface area contributed by atoms with Crippen LogP contribution in [0.4, 0.5) is 0 Å². The Labute approximate surface area is 114 Å². The van der Waals surface area contributed by atoms with E-state index in [1.54, 1.807) is 6.26 Å². The van der Waals surface area contributed by atoms with E-state index in [2.05, 4.69) is 17.1 Å². The van der Waals surface area contributed by atoms with E-state index in [0.717, 1.165) is 31.7 Å². The lowest BCUT2D eigenvalue weighted by atomic mass is 9.91. The number of amides is 1. The first-order chi connectivity index (χ1) is 9.15. The van der Waals surface area contributed by atoms with Crippen molar-refractivity contribution < 1.29 is 9.21 Å². The Hall–Kier alpha value is -1.33. The van der Waals surface area contributed by atoms with Crippen molar-refractivity contribution >= 4 is 5.91 Å². The molecule has 1 aromatic rings. The Morgan fingerprint density at radius 1 is 1.58 bits per heavy atom. The van der Waals surface area contributed by atoms with E-state index in [-0.39, 0.29) is 11.9 Å². The Morgan fingerprint density at radius 3 is 2.89 bits per heavy atom. The predicted molar refractivity (Wildman–Crippen MR) is 73.4 cm³/mol. The number of carbonyl (C=O) groups excluding carboxylic acids is 1. The Kier molecular flexibility index (Phi) is 4.99. The van der Waals surface area contributed by atoms with Crippen molar-refractivity contribution in [3.63, 3.8) is 0 Å². The van der Waals surface area contributed by atoms with Crippen LogP contribution in [-0.2, 0) is 11.3 Å². The van der Waals surface area contributed by atoms with Crippen molar-refractivity contribution in [1.82, 2.24) is 10.2 Å². The van der Waals surface area contributed by atoms with Crippen LogP contribution in [0.25, 0.3) is 0 Å². The van der Waals surface area contributed by atoms with E-state index in [4.69, 9.17) is 10.2 Å². The highest BCUT2D eigenvalue weighted by Gasteiger charge is 2.22. The molecule has 5 heteroatoms. The molecule has 0 spiro atoms. The van der Waals surface area contributed by atoms with Gasteiger partial charge in [0.1, 0.15) is 5.76 Å². The standard InChI is InChI=1S/C14H23N3O2/c1-11(15)12-4-6-17(7-5-12)10-14(18)16-9-13-3-2-8-19-13/h2-3,8,11-12H,4-7,9-10,15H2,1H3,(H,16,18). The second-order valence-electron chi connectivity index (χ2n) is 5.33. The lowest BCUT2D eigenvalue weighted by Gasteiger charge is -2.33. The maximum absolute atomic E-state index is 11.8. The molecule has 19 heavy (non-hydrogen) atoms. The summed E-state index contributed by atoms with van der Waals surface area (Å²) >= 11 is 0. The van der Waals surface area contributed by atoms with Crippen molar-refractivity contribution in [2.75, 3.05) is 19.6 Å². The summed E-state index contributed by atoms with van der Waals surface area (Å²) in [7, 11) is 0. The molecule has 0 aliphatic carbocycles. The Balaban J connectivity index is 1.66. The van der Waals surface area contributed by atoms with Crippen molar-refractivity contribution in [2.24, 2.45) is 11.7 Å². The molecule has 0 saturated carbocycles. The molecular weight excluding hydrogens is 242 g/mol. The third-order valence-electron chi connectivity index (χ3n) is 3.78. The third-order valence-corrected chi connectivity index (χ3v) is 3.78. The van der Waals surface area contributed by atoms with Gasteiger partial charge in [-0.3, -0.25) is 9.69 Å². The number of hydrogen-bond donors (Lipinski definition) is 2. The summed E-state index contributed by atoms with van der Waals surface area (Å²) in [6, 6.07) is 3.93. The number of piperidine rings is 1. The number of furan rings is 1. The predicted octanol–water partition coefficient (Wildman–Crippen LogP) is 0.955. The summed E-state index contributed by atoms with van der Waals surface area (Å²) in [5.41, 5.74) is 5.91. The maximum atomic E-state index is 11.8. The minimum absolute atomic E-state index is 0.0515. The zero-order chi connectivity index (χ0) is 13.7. The van der Waals surface area contributed by atoms with Crippen LogP contribution in [0.1, 0.15) is 25.5 Å². The van der Waals surface area contributed by atoms with Gasteiger partial charge in [-0.1, -0.05) is 0 Å². The molecule has 5 nitrogen and oxygen atoms in total. The topological polar surface area (TPSA) is 71.5 Å². The van der Waals surface area contributed by atoms with E-state index < -0.39 is 0 Å². The van der Waals surface area contributed by atoms with Gasteiger partial charge in [-0.25, -0.2) is 0 Å². The molecular formula is C14H23N3O2. The number of nitrogens with zero attached hydrogens (tertiary/aromatic N) is 1. The summed E-state index contributed by atoms with van der Waals surface area (Å²) in [6.07, 6.45) is 3.78. The van der Waals surface area contributed by atoms with Crippen LogP contribution in [0.3, 0.4) is 0 Å². The first-order valence-electron chi connectivity index (χ1n) is 6.92. The fourth-order valence-electron chi connectivity index (χ4n) is 2.49. The summed E-state index contributed by atoms with van der Waals surface area (Å²) < 4.78 is 5.17. The lowest BCUT2D eigenvalue weighted by molar-refractivity contribution is -0.122. The van der Waals surface area contributed by atoms with E-state index >= 15 is 0 Å². The second-order valence-corrected chi connectivity index (χ2v) is 5.33. The molecule has 0 bridgehead atoms. The van der Waals surface area contributed by atoms with E-state index in [0.29, 0.717) is 19.0 Å². The van der Waals surface area contributed by atoms with Gasteiger partial charge < -0.3 is 15.5 Å². The van der Waals surface area contributed by atoms with E-state index in [9.17, 15) is 4.79 Å². The number of hydrogen-bond acceptors (Lipinski definition) is 4. The van der Waals surface area contributed by atoms with Gasteiger partial charge in [-0.15, -0.1) is 0 Å². The monoisotopic (exact) mass is 265 g/mol. The van der Waals surface area contributed by atoms with Gasteiger partial charge in [0.2, 0.25) is 5.91 Å². The van der Waals surface area contributed by atoms with Crippen LogP contribution in [0.2, 0.25) is 0 Å². The SMILES string of the molecule is CC(N)C1CCN(CC(=O)NCc2ccco2)CC1. The van der Waals surface area contributed by atoms with Crippen molar-refractivity contribution in [2.45, 2.75) is 32.4 Å². The average molecular weight is 265 g/mol. The van der Waals surface area contributed by atoms with Crippen LogP contribution in [0.5, 0.6) is 0 Å². The van der Waals surface area contributed by atoms with Gasteiger partial charge in [0.15, 0.2) is 0 Å². The molecule has 1 aliphatic rings. The average Bonchev–Trinajstić information content (AvgIpc) is 2.90. The normalized spacial score (nSPS) is 19.3. The number of nitrogens with two attached hydrogens (primary N) is 1. The zero-order valence-electron chi connectivity index (χ0n) is 11.5. The van der Waals surface area contributed by atoms with Crippen LogP contribution in [0, 0.1) is 5.92 Å². The molecule has 2 rings (SSSR count). The first kappa shape index (κ1) is 14.1. The molecule has 3 N–H and O–H groups in total. The van der Waals surface area contributed by atoms with Gasteiger partial charge in [0.25, 0.3) is 0 Å². The molecule has 2 heterocycles. The van der Waals surface area contributed by atoms with Crippen molar-refractivity contribution in [3.8, 4) is 0 Å². The highest BCUT2D eigenvalue weighted by Crippen LogP contribution is 2.19. The first-order valence-corrected chi connectivity index (χ1v) is 6.92. The van der Waals surface area contributed by atoms with Crippen molar-refractivity contribution in [3.05, 3.63) is 24.2 Å². The van der Waals surface area contributed by atoms with Crippen LogP contribution < -0.4 is 11.1 Å². The second kappa shape index (κ2) is 6.73. The minimum atomic E-state index is 0.0515. The molecule has 1 aromatic heterocycles. The molecule has 1 saturated heterocycles. The summed E-state index contributed by atoms with van der Waals surface area (Å²) in [4.78, 5) is 14.0. The largest absolute Gasteiger partial charge is 0.467 e. The molecule has 1 amide bonds. The fraction of sp³-hybridized carbons (Fsp3) is 0.643. The number of carbonyl (C=O) groups is 1. The Morgan fingerprint density at radius 2 is 2.32 bits per heavy atom. The van der Waals surface area contributed by atoms with Crippen LogP contribution >= 0.6 is 0 Å².